The molecule has 0 bridgehead atoms. The largest absolute Gasteiger partial charge is 0.348 e. The Labute approximate surface area is 206 Å². The number of aryl methyl sites for hydroxylation is 2. The number of amides is 1. The number of aromatic amines is 1. The second-order valence-corrected chi connectivity index (χ2v) is 10.1. The van der Waals surface area contributed by atoms with Gasteiger partial charge in [-0.1, -0.05) is 58.4 Å². The van der Waals surface area contributed by atoms with E-state index in [0.717, 1.165) is 63.8 Å². The van der Waals surface area contributed by atoms with Gasteiger partial charge in [0.1, 0.15) is 5.69 Å². The molecule has 4 aromatic rings. The van der Waals surface area contributed by atoms with E-state index in [2.05, 4.69) is 42.9 Å². The molecular formula is C28H24BrN3O2. The maximum atomic E-state index is 13.2. The molecule has 6 heteroatoms. The van der Waals surface area contributed by atoms with Crippen molar-refractivity contribution in [2.45, 2.75) is 38.3 Å². The lowest BCUT2D eigenvalue weighted by molar-refractivity contribution is 0.0942. The minimum Gasteiger partial charge on any atom is -0.348 e. The van der Waals surface area contributed by atoms with Gasteiger partial charge in [-0.15, -0.1) is 0 Å². The van der Waals surface area contributed by atoms with E-state index in [4.69, 9.17) is 0 Å². The van der Waals surface area contributed by atoms with Crippen LogP contribution in [0.25, 0.3) is 22.5 Å². The first-order valence-electron chi connectivity index (χ1n) is 11.7. The van der Waals surface area contributed by atoms with Gasteiger partial charge < -0.3 is 14.9 Å². The molecule has 0 spiro atoms. The van der Waals surface area contributed by atoms with Crippen molar-refractivity contribution in [3.8, 4) is 22.5 Å². The van der Waals surface area contributed by atoms with Crippen LogP contribution in [-0.4, -0.2) is 21.5 Å². The van der Waals surface area contributed by atoms with Crippen molar-refractivity contribution in [1.82, 2.24) is 14.9 Å². The van der Waals surface area contributed by atoms with Gasteiger partial charge in [0.05, 0.1) is 11.4 Å². The number of aromatic nitrogens is 2. The predicted octanol–water partition coefficient (Wildman–Crippen LogP) is 5.31. The maximum Gasteiger partial charge on any atom is 0.268 e. The summed E-state index contributed by atoms with van der Waals surface area (Å²) in [5.74, 6) is -0.0428. The van der Waals surface area contributed by atoms with Crippen LogP contribution in [0.4, 0.5) is 0 Å². The van der Waals surface area contributed by atoms with Crippen LogP contribution in [0.3, 0.4) is 0 Å². The van der Waals surface area contributed by atoms with Gasteiger partial charge in [-0.3, -0.25) is 9.59 Å². The third kappa shape index (κ3) is 3.92. The standard InChI is InChI=1S/C28H24BrN3O2/c29-21-10-6-17(7-11-21)16-32-24(28(34)30-22-12-13-22)15-20-9-8-19-14-23(18-4-2-1-3-5-18)27(33)31-25(19)26(20)32/h1-7,10-11,14-15,22H,8-9,12-13,16H2,(H,30,34)(H,31,33). The Morgan fingerprint density at radius 3 is 2.47 bits per heavy atom. The molecule has 2 aromatic heterocycles. The van der Waals surface area contributed by atoms with Crippen molar-refractivity contribution < 1.29 is 4.79 Å². The van der Waals surface area contributed by atoms with Crippen LogP contribution < -0.4 is 10.9 Å². The molecule has 1 fully saturated rings. The highest BCUT2D eigenvalue weighted by molar-refractivity contribution is 9.10. The number of hydrogen-bond acceptors (Lipinski definition) is 2. The Morgan fingerprint density at radius 2 is 1.74 bits per heavy atom. The molecule has 5 nitrogen and oxygen atoms in total. The van der Waals surface area contributed by atoms with Crippen molar-refractivity contribution in [2.24, 2.45) is 0 Å². The monoisotopic (exact) mass is 513 g/mol. The summed E-state index contributed by atoms with van der Waals surface area (Å²) in [5, 5.41) is 3.14. The number of rotatable bonds is 5. The molecule has 2 heterocycles. The van der Waals surface area contributed by atoms with E-state index < -0.39 is 0 Å². The van der Waals surface area contributed by atoms with Gasteiger partial charge >= 0.3 is 0 Å². The third-order valence-corrected chi connectivity index (χ3v) is 7.21. The smallest absolute Gasteiger partial charge is 0.268 e. The van der Waals surface area contributed by atoms with Crippen LogP contribution in [-0.2, 0) is 19.4 Å². The maximum absolute atomic E-state index is 13.2. The summed E-state index contributed by atoms with van der Waals surface area (Å²) < 4.78 is 3.09. The fraction of sp³-hybridized carbons (Fsp3) is 0.214. The average molecular weight is 514 g/mol. The molecule has 1 amide bonds. The van der Waals surface area contributed by atoms with Crippen LogP contribution >= 0.6 is 15.9 Å². The van der Waals surface area contributed by atoms with Gasteiger partial charge in [0.15, 0.2) is 0 Å². The third-order valence-electron chi connectivity index (χ3n) is 6.68. The second-order valence-electron chi connectivity index (χ2n) is 9.14. The SMILES string of the molecule is O=C(NC1CC1)c1cc2c(n1Cc1ccc(Br)cc1)-c1[nH]c(=O)c(-c3ccccc3)cc1CC2. The summed E-state index contributed by atoms with van der Waals surface area (Å²) in [6.45, 7) is 0.554. The summed E-state index contributed by atoms with van der Waals surface area (Å²) in [6.07, 6.45) is 3.74. The van der Waals surface area contributed by atoms with Crippen molar-refractivity contribution in [1.29, 1.82) is 0 Å². The minimum atomic E-state index is -0.113. The Hall–Kier alpha value is -3.38. The zero-order chi connectivity index (χ0) is 23.2. The van der Waals surface area contributed by atoms with Crippen LogP contribution in [0.5, 0.6) is 0 Å². The molecule has 0 aliphatic heterocycles. The molecule has 1 saturated carbocycles. The molecule has 2 N–H and O–H groups in total. The number of fused-ring (bicyclic) bond motifs is 3. The van der Waals surface area contributed by atoms with Crippen LogP contribution in [0.2, 0.25) is 0 Å². The zero-order valence-electron chi connectivity index (χ0n) is 18.6. The van der Waals surface area contributed by atoms with E-state index in [0.29, 0.717) is 17.8 Å². The van der Waals surface area contributed by atoms with Gasteiger partial charge in [0.25, 0.3) is 11.5 Å². The number of carbonyl (C=O) groups is 1. The fourth-order valence-electron chi connectivity index (χ4n) is 4.79. The highest BCUT2D eigenvalue weighted by Gasteiger charge is 2.30. The first kappa shape index (κ1) is 21.2. The number of nitrogens with one attached hydrogen (secondary N) is 2. The summed E-state index contributed by atoms with van der Waals surface area (Å²) in [7, 11) is 0. The molecule has 2 aromatic carbocycles. The van der Waals surface area contributed by atoms with Gasteiger partial charge in [-0.2, -0.15) is 0 Å². The number of benzene rings is 2. The number of halogens is 1. The van der Waals surface area contributed by atoms with Gasteiger partial charge in [-0.25, -0.2) is 0 Å². The minimum absolute atomic E-state index is 0.0428. The molecule has 0 saturated heterocycles. The van der Waals surface area contributed by atoms with Crippen LogP contribution in [0.1, 0.15) is 40.0 Å². The topological polar surface area (TPSA) is 66.9 Å². The Balaban J connectivity index is 1.49. The zero-order valence-corrected chi connectivity index (χ0v) is 20.2. The molecule has 6 rings (SSSR count). The lowest BCUT2D eigenvalue weighted by Gasteiger charge is -2.21. The molecule has 2 aliphatic rings. The number of pyridine rings is 1. The molecule has 0 atom stereocenters. The van der Waals surface area contributed by atoms with E-state index in [9.17, 15) is 9.59 Å². The van der Waals surface area contributed by atoms with E-state index in [1.807, 2.05) is 54.6 Å². The van der Waals surface area contributed by atoms with E-state index >= 15 is 0 Å². The Morgan fingerprint density at radius 1 is 1.00 bits per heavy atom. The quantitative estimate of drug-likeness (QED) is 0.379. The van der Waals surface area contributed by atoms with Crippen molar-refractivity contribution in [3.05, 3.63) is 104 Å². The highest BCUT2D eigenvalue weighted by Crippen LogP contribution is 2.36. The number of nitrogens with zero attached hydrogens (tertiary/aromatic N) is 1. The first-order chi connectivity index (χ1) is 16.6. The predicted molar refractivity (Wildman–Crippen MR) is 137 cm³/mol. The summed E-state index contributed by atoms with van der Waals surface area (Å²) in [6, 6.07) is 22.2. The van der Waals surface area contributed by atoms with Crippen LogP contribution in [0, 0.1) is 0 Å². The number of carbonyl (C=O) groups excluding carboxylic acids is 1. The summed E-state index contributed by atoms with van der Waals surface area (Å²) in [5.41, 5.74) is 7.21. The van der Waals surface area contributed by atoms with Crippen molar-refractivity contribution in [2.75, 3.05) is 0 Å². The summed E-state index contributed by atoms with van der Waals surface area (Å²) in [4.78, 5) is 29.5. The first-order valence-corrected chi connectivity index (χ1v) is 12.5. The Bertz CT molecular complexity index is 1450. The molecule has 0 unspecified atom stereocenters. The second kappa shape index (κ2) is 8.44. The Kier molecular flexibility index (Phi) is 5.26. The van der Waals surface area contributed by atoms with Gasteiger partial charge in [0, 0.05) is 22.6 Å². The van der Waals surface area contributed by atoms with E-state index in [1.165, 1.54) is 0 Å². The molecular weight excluding hydrogens is 490 g/mol. The van der Waals surface area contributed by atoms with Crippen molar-refractivity contribution >= 4 is 21.8 Å². The van der Waals surface area contributed by atoms with Gasteiger partial charge in [0.2, 0.25) is 0 Å². The average Bonchev–Trinajstić information content (AvgIpc) is 3.59. The molecule has 0 radical (unpaired) electrons. The van der Waals surface area contributed by atoms with Crippen molar-refractivity contribution in [3.63, 3.8) is 0 Å². The molecule has 170 valence electrons. The fourth-order valence-corrected chi connectivity index (χ4v) is 5.05. The van der Waals surface area contributed by atoms with E-state index in [1.54, 1.807) is 0 Å². The highest BCUT2D eigenvalue weighted by atomic mass is 79.9. The molecule has 2 aliphatic carbocycles. The lowest BCUT2D eigenvalue weighted by Crippen LogP contribution is -2.28. The number of hydrogen-bond donors (Lipinski definition) is 2. The molecule has 34 heavy (non-hydrogen) atoms. The van der Waals surface area contributed by atoms with E-state index in [-0.39, 0.29) is 17.5 Å². The summed E-state index contributed by atoms with van der Waals surface area (Å²) >= 11 is 3.50. The van der Waals surface area contributed by atoms with Gasteiger partial charge in [-0.05, 0) is 72.2 Å². The normalized spacial score (nSPS) is 14.4. The lowest BCUT2D eigenvalue weighted by atomic mass is 9.92. The van der Waals surface area contributed by atoms with Crippen LogP contribution in [0.15, 0.2) is 76.0 Å². The number of H-pyrrole nitrogens is 1.